The van der Waals surface area contributed by atoms with E-state index in [4.69, 9.17) is 16.3 Å². The predicted molar refractivity (Wildman–Crippen MR) is 74.2 cm³/mol. The van der Waals surface area contributed by atoms with E-state index in [9.17, 15) is 10.1 Å². The minimum atomic E-state index is -0.475. The molecule has 2 aromatic rings. The highest BCUT2D eigenvalue weighted by Crippen LogP contribution is 2.57. The first-order valence-electron chi connectivity index (χ1n) is 5.52. The Bertz CT molecular complexity index is 661. The fourth-order valence-corrected chi connectivity index (χ4v) is 3.12. The molecule has 0 aliphatic carbocycles. The van der Waals surface area contributed by atoms with Gasteiger partial charge in [0.25, 0.3) is 0 Å². The largest absolute Gasteiger partial charge is 0.445 e. The fourth-order valence-electron chi connectivity index (χ4n) is 1.81. The number of ether oxygens (including phenoxy) is 1. The highest BCUT2D eigenvalue weighted by Gasteiger charge is 2.34. The Labute approximate surface area is 118 Å². The lowest BCUT2D eigenvalue weighted by atomic mass is 10.2. The maximum absolute atomic E-state index is 10.9. The first kappa shape index (κ1) is 12.3. The van der Waals surface area contributed by atoms with Crippen LogP contribution in [0.1, 0.15) is 5.56 Å². The lowest BCUT2D eigenvalue weighted by Crippen LogP contribution is -2.05. The number of nitro groups is 1. The standard InChI is InChI=1S/C13H8ClNO3S/c14-11-12-9(15(16)17)6-10(13(11)18-12)19-7-8-4-2-1-3-5-8/h1-6H,7H2. The second-order valence-electron chi connectivity index (χ2n) is 4.00. The number of thioether (sulfide) groups is 1. The van der Waals surface area contributed by atoms with Gasteiger partial charge in [0.2, 0.25) is 5.75 Å². The minimum Gasteiger partial charge on any atom is -0.445 e. The van der Waals surface area contributed by atoms with E-state index in [1.165, 1.54) is 17.8 Å². The summed E-state index contributed by atoms with van der Waals surface area (Å²) >= 11 is 7.45. The maximum Gasteiger partial charge on any atom is 0.314 e. The van der Waals surface area contributed by atoms with Crippen molar-refractivity contribution in [1.82, 2.24) is 0 Å². The van der Waals surface area contributed by atoms with Crippen molar-refractivity contribution in [3.8, 4) is 11.5 Å². The molecule has 0 atom stereocenters. The third kappa shape index (κ3) is 2.15. The van der Waals surface area contributed by atoms with Crippen molar-refractivity contribution in [3.63, 3.8) is 0 Å². The molecule has 6 heteroatoms. The van der Waals surface area contributed by atoms with Gasteiger partial charge in [0.1, 0.15) is 5.02 Å². The van der Waals surface area contributed by atoms with Gasteiger partial charge in [-0.25, -0.2) is 0 Å². The summed E-state index contributed by atoms with van der Waals surface area (Å²) in [7, 11) is 0. The zero-order valence-electron chi connectivity index (χ0n) is 9.63. The van der Waals surface area contributed by atoms with Gasteiger partial charge in [-0.1, -0.05) is 41.9 Å². The van der Waals surface area contributed by atoms with Gasteiger partial charge in [-0.15, -0.1) is 11.8 Å². The van der Waals surface area contributed by atoms with E-state index < -0.39 is 4.92 Å². The van der Waals surface area contributed by atoms with Crippen LogP contribution in [0.4, 0.5) is 5.69 Å². The molecule has 0 saturated carbocycles. The Morgan fingerprint density at radius 3 is 2.63 bits per heavy atom. The fraction of sp³-hybridized carbons (Fsp3) is 0.0769. The summed E-state index contributed by atoms with van der Waals surface area (Å²) in [6.45, 7) is 0. The smallest absolute Gasteiger partial charge is 0.314 e. The molecule has 2 aromatic carbocycles. The van der Waals surface area contributed by atoms with E-state index in [0.717, 1.165) is 5.56 Å². The SMILES string of the molecule is O=[N+]([O-])c1cc(SCc2ccccc2)c2c(Cl)c1O2. The first-order chi connectivity index (χ1) is 9.16. The Morgan fingerprint density at radius 1 is 1.26 bits per heavy atom. The summed E-state index contributed by atoms with van der Waals surface area (Å²) in [4.78, 5) is 11.1. The molecule has 2 aliphatic rings. The van der Waals surface area contributed by atoms with Crippen LogP contribution >= 0.6 is 23.4 Å². The third-order valence-electron chi connectivity index (χ3n) is 2.76. The molecule has 0 fully saturated rings. The van der Waals surface area contributed by atoms with E-state index in [1.807, 2.05) is 30.3 Å². The summed E-state index contributed by atoms with van der Waals surface area (Å²) in [5.74, 6) is 1.43. The number of rotatable bonds is 4. The molecule has 2 aliphatic heterocycles. The van der Waals surface area contributed by atoms with E-state index in [2.05, 4.69) is 0 Å². The monoisotopic (exact) mass is 293 g/mol. The Morgan fingerprint density at radius 2 is 2.00 bits per heavy atom. The summed E-state index contributed by atoms with van der Waals surface area (Å²) < 4.78 is 5.26. The van der Waals surface area contributed by atoms with Gasteiger partial charge in [0.15, 0.2) is 5.75 Å². The molecule has 0 unspecified atom stereocenters. The van der Waals surface area contributed by atoms with Crippen molar-refractivity contribution in [2.75, 3.05) is 0 Å². The number of nitrogens with zero attached hydrogens (tertiary/aromatic N) is 1. The van der Waals surface area contributed by atoms with Crippen LogP contribution in [-0.2, 0) is 5.75 Å². The average molecular weight is 294 g/mol. The van der Waals surface area contributed by atoms with Gasteiger partial charge in [-0.3, -0.25) is 10.1 Å². The molecule has 2 bridgehead atoms. The molecule has 0 spiro atoms. The quantitative estimate of drug-likeness (QED) is 0.399. The zero-order chi connectivity index (χ0) is 13.4. The van der Waals surface area contributed by atoms with E-state index >= 15 is 0 Å². The van der Waals surface area contributed by atoms with Gasteiger partial charge >= 0.3 is 5.69 Å². The molecule has 0 saturated heterocycles. The third-order valence-corrected chi connectivity index (χ3v) is 4.20. The maximum atomic E-state index is 10.9. The van der Waals surface area contributed by atoms with E-state index in [1.54, 1.807) is 0 Å². The van der Waals surface area contributed by atoms with Crippen LogP contribution in [0.3, 0.4) is 0 Å². The second kappa shape index (κ2) is 4.75. The van der Waals surface area contributed by atoms with Gasteiger partial charge in [-0.2, -0.15) is 0 Å². The molecule has 0 radical (unpaired) electrons. The summed E-state index contributed by atoms with van der Waals surface area (Å²) in [5.41, 5.74) is 1.07. The van der Waals surface area contributed by atoms with Gasteiger partial charge in [-0.05, 0) is 5.56 Å². The number of nitro benzene ring substituents is 1. The van der Waals surface area contributed by atoms with Crippen LogP contribution < -0.4 is 4.74 Å². The second-order valence-corrected chi connectivity index (χ2v) is 5.39. The lowest BCUT2D eigenvalue weighted by molar-refractivity contribution is -0.386. The van der Waals surface area contributed by atoms with Crippen LogP contribution in [0, 0.1) is 10.1 Å². The Balaban J connectivity index is 1.85. The van der Waals surface area contributed by atoms with Crippen molar-refractivity contribution in [2.45, 2.75) is 10.6 Å². The lowest BCUT2D eigenvalue weighted by Gasteiger charge is -2.22. The van der Waals surface area contributed by atoms with Gasteiger partial charge in [0, 0.05) is 11.8 Å². The number of hydrogen-bond acceptors (Lipinski definition) is 4. The highest BCUT2D eigenvalue weighted by molar-refractivity contribution is 7.98. The number of benzene rings is 2. The van der Waals surface area contributed by atoms with E-state index in [0.29, 0.717) is 21.4 Å². The van der Waals surface area contributed by atoms with Gasteiger partial charge < -0.3 is 4.74 Å². The molecule has 96 valence electrons. The average Bonchev–Trinajstić information content (AvgIpc) is 2.44. The topological polar surface area (TPSA) is 52.4 Å². The molecular formula is C13H8ClNO3S. The molecule has 0 aromatic heterocycles. The first-order valence-corrected chi connectivity index (χ1v) is 6.88. The molecule has 0 amide bonds. The van der Waals surface area contributed by atoms with Crippen LogP contribution in [-0.4, -0.2) is 4.92 Å². The van der Waals surface area contributed by atoms with Crippen molar-refractivity contribution in [1.29, 1.82) is 0 Å². The van der Waals surface area contributed by atoms with Crippen molar-refractivity contribution in [3.05, 3.63) is 57.1 Å². The minimum absolute atomic E-state index is 0.0736. The molecule has 0 N–H and O–H groups in total. The molecule has 19 heavy (non-hydrogen) atoms. The molecular weight excluding hydrogens is 286 g/mol. The number of hydrogen-bond donors (Lipinski definition) is 0. The number of halogens is 1. The van der Waals surface area contributed by atoms with Crippen molar-refractivity contribution >= 4 is 29.1 Å². The van der Waals surface area contributed by atoms with E-state index in [-0.39, 0.29) is 11.4 Å². The normalized spacial score (nSPS) is 11.6. The van der Waals surface area contributed by atoms with Crippen LogP contribution in [0.15, 0.2) is 41.3 Å². The summed E-state index contributed by atoms with van der Waals surface area (Å²) in [6.07, 6.45) is 0. The summed E-state index contributed by atoms with van der Waals surface area (Å²) in [5, 5.41) is 11.2. The molecule has 2 heterocycles. The highest BCUT2D eigenvalue weighted by atomic mass is 35.5. The van der Waals surface area contributed by atoms with Crippen molar-refractivity contribution < 1.29 is 9.66 Å². The Kier molecular flexibility index (Phi) is 3.08. The summed E-state index contributed by atoms with van der Waals surface area (Å²) in [6, 6.07) is 11.4. The zero-order valence-corrected chi connectivity index (χ0v) is 11.2. The van der Waals surface area contributed by atoms with Crippen LogP contribution in [0.5, 0.6) is 11.5 Å². The number of fused-ring (bicyclic) bond motifs is 2. The molecule has 4 nitrogen and oxygen atoms in total. The molecule has 4 rings (SSSR count). The van der Waals surface area contributed by atoms with Crippen molar-refractivity contribution in [2.24, 2.45) is 0 Å². The van der Waals surface area contributed by atoms with Crippen LogP contribution in [0.25, 0.3) is 0 Å². The predicted octanol–water partition coefficient (Wildman–Crippen LogP) is 4.65. The van der Waals surface area contributed by atoms with Crippen LogP contribution in [0.2, 0.25) is 5.02 Å². The Hall–Kier alpha value is -1.72. The van der Waals surface area contributed by atoms with Gasteiger partial charge in [0.05, 0.1) is 9.82 Å².